The molecule has 1 unspecified atom stereocenters. The fourth-order valence-corrected chi connectivity index (χ4v) is 6.10. The average Bonchev–Trinajstić information content (AvgIpc) is 3.40. The number of fused-ring (bicyclic) bond motifs is 2. The van der Waals surface area contributed by atoms with Crippen molar-refractivity contribution in [1.29, 1.82) is 0 Å². The summed E-state index contributed by atoms with van der Waals surface area (Å²) in [5.41, 5.74) is 2.43. The SMILES string of the molecule is CC#Cc1ccc(NC(=O)C(C)(C)[C@H]2C[C@H]3CC(c4ccnc5ccc(F)cc45)C[C@H]3C2)nc1. The molecule has 4 nitrogen and oxygen atoms in total. The highest BCUT2D eigenvalue weighted by Gasteiger charge is 2.49. The summed E-state index contributed by atoms with van der Waals surface area (Å²) in [4.78, 5) is 22.0. The Bertz CT molecular complexity index is 1270. The third kappa shape index (κ3) is 4.18. The van der Waals surface area contributed by atoms with Gasteiger partial charge in [-0.2, -0.15) is 0 Å². The molecule has 2 aromatic heterocycles. The molecule has 0 spiro atoms. The minimum atomic E-state index is -0.476. The van der Waals surface area contributed by atoms with E-state index in [1.165, 1.54) is 11.6 Å². The van der Waals surface area contributed by atoms with Crippen LogP contribution in [-0.2, 0) is 4.79 Å². The van der Waals surface area contributed by atoms with Crippen molar-refractivity contribution in [3.63, 3.8) is 0 Å². The van der Waals surface area contributed by atoms with Crippen molar-refractivity contribution < 1.29 is 9.18 Å². The Hall–Kier alpha value is -3.26. The maximum atomic E-state index is 13.9. The zero-order valence-electron chi connectivity index (χ0n) is 19.9. The van der Waals surface area contributed by atoms with E-state index in [-0.39, 0.29) is 11.7 Å². The van der Waals surface area contributed by atoms with Gasteiger partial charge >= 0.3 is 0 Å². The van der Waals surface area contributed by atoms with E-state index >= 15 is 0 Å². The standard InChI is InChI=1S/C29H30FN3O/c1-4-5-18-6-9-27(32-17-18)33-28(34)29(2,3)22-14-19-12-21(13-20(19)15-22)24-10-11-31-26-8-7-23(30)16-25(24)26/h6-11,16-17,19-22H,12-15H2,1-3H3,(H,32,33,34)/t19-,20+,21?,22+. The fourth-order valence-electron chi connectivity index (χ4n) is 6.10. The maximum absolute atomic E-state index is 13.9. The molecule has 3 aromatic rings. The topological polar surface area (TPSA) is 54.9 Å². The van der Waals surface area contributed by atoms with Crippen LogP contribution < -0.4 is 5.32 Å². The molecule has 1 aromatic carbocycles. The molecular formula is C29H30FN3O. The number of pyridine rings is 2. The Morgan fingerprint density at radius 1 is 1.06 bits per heavy atom. The predicted molar refractivity (Wildman–Crippen MR) is 133 cm³/mol. The molecule has 1 N–H and O–H groups in total. The first-order valence-electron chi connectivity index (χ1n) is 12.1. The third-order valence-corrected chi connectivity index (χ3v) is 8.07. The fraction of sp³-hybridized carbons (Fsp3) is 0.414. The number of anilines is 1. The highest BCUT2D eigenvalue weighted by molar-refractivity contribution is 5.94. The van der Waals surface area contributed by atoms with Crippen molar-refractivity contribution in [2.24, 2.45) is 23.2 Å². The summed E-state index contributed by atoms with van der Waals surface area (Å²) in [6.07, 6.45) is 7.82. The van der Waals surface area contributed by atoms with Gasteiger partial charge in [0, 0.05) is 28.8 Å². The molecule has 5 rings (SSSR count). The van der Waals surface area contributed by atoms with E-state index in [1.54, 1.807) is 25.3 Å². The number of nitrogens with zero attached hydrogens (tertiary/aromatic N) is 2. The van der Waals surface area contributed by atoms with Crippen LogP contribution >= 0.6 is 0 Å². The number of carbonyl (C=O) groups excluding carboxylic acids is 1. The van der Waals surface area contributed by atoms with Crippen LogP contribution in [0, 0.1) is 40.8 Å². The first kappa shape index (κ1) is 22.5. The molecule has 0 bridgehead atoms. The van der Waals surface area contributed by atoms with Crippen molar-refractivity contribution in [1.82, 2.24) is 9.97 Å². The molecule has 2 aliphatic carbocycles. The molecule has 2 saturated carbocycles. The van der Waals surface area contributed by atoms with E-state index in [0.717, 1.165) is 42.1 Å². The van der Waals surface area contributed by atoms with Gasteiger partial charge in [0.1, 0.15) is 11.6 Å². The Balaban J connectivity index is 1.25. The lowest BCUT2D eigenvalue weighted by molar-refractivity contribution is -0.126. The normalized spacial score (nSPS) is 23.9. The second-order valence-electron chi connectivity index (χ2n) is 10.4. The van der Waals surface area contributed by atoms with Gasteiger partial charge in [-0.3, -0.25) is 9.78 Å². The van der Waals surface area contributed by atoms with E-state index in [9.17, 15) is 9.18 Å². The quantitative estimate of drug-likeness (QED) is 0.468. The highest BCUT2D eigenvalue weighted by atomic mass is 19.1. The first-order chi connectivity index (χ1) is 16.3. The Morgan fingerprint density at radius 3 is 2.50 bits per heavy atom. The molecule has 0 radical (unpaired) electrons. The summed E-state index contributed by atoms with van der Waals surface area (Å²) in [7, 11) is 0. The van der Waals surface area contributed by atoms with Crippen molar-refractivity contribution >= 4 is 22.6 Å². The van der Waals surface area contributed by atoms with Gasteiger partial charge < -0.3 is 5.32 Å². The molecule has 0 saturated heterocycles. The highest BCUT2D eigenvalue weighted by Crippen LogP contribution is 2.56. The van der Waals surface area contributed by atoms with Crippen LogP contribution in [0.5, 0.6) is 0 Å². The monoisotopic (exact) mass is 455 g/mol. The van der Waals surface area contributed by atoms with Crippen molar-refractivity contribution in [3.05, 3.63) is 65.7 Å². The summed E-state index contributed by atoms with van der Waals surface area (Å²) in [6, 6.07) is 10.6. The summed E-state index contributed by atoms with van der Waals surface area (Å²) < 4.78 is 13.9. The smallest absolute Gasteiger partial charge is 0.231 e. The van der Waals surface area contributed by atoms with Gasteiger partial charge in [0.25, 0.3) is 0 Å². The number of halogens is 1. The number of aromatic nitrogens is 2. The van der Waals surface area contributed by atoms with Gasteiger partial charge in [-0.1, -0.05) is 19.8 Å². The zero-order chi connectivity index (χ0) is 23.9. The molecule has 174 valence electrons. The lowest BCUT2D eigenvalue weighted by Gasteiger charge is -2.31. The van der Waals surface area contributed by atoms with Crippen molar-refractivity contribution in [2.75, 3.05) is 5.32 Å². The first-order valence-corrected chi connectivity index (χ1v) is 12.1. The lowest BCUT2D eigenvalue weighted by atomic mass is 9.75. The van der Waals surface area contributed by atoms with Gasteiger partial charge in [-0.05, 0) is 98.2 Å². The summed E-state index contributed by atoms with van der Waals surface area (Å²) >= 11 is 0. The molecule has 5 heteroatoms. The lowest BCUT2D eigenvalue weighted by Crippen LogP contribution is -2.37. The minimum absolute atomic E-state index is 0.0199. The van der Waals surface area contributed by atoms with E-state index < -0.39 is 5.41 Å². The predicted octanol–water partition coefficient (Wildman–Crippen LogP) is 6.33. The molecule has 0 aliphatic heterocycles. The van der Waals surface area contributed by atoms with Crippen molar-refractivity contribution in [2.45, 2.75) is 52.4 Å². The Kier molecular flexibility index (Phi) is 5.85. The number of benzene rings is 1. The van der Waals surface area contributed by atoms with E-state index in [2.05, 4.69) is 47.0 Å². The number of nitrogens with one attached hydrogen (secondary N) is 1. The molecule has 2 heterocycles. The minimum Gasteiger partial charge on any atom is -0.310 e. The maximum Gasteiger partial charge on any atom is 0.231 e. The van der Waals surface area contributed by atoms with E-state index in [0.29, 0.717) is 29.5 Å². The number of amides is 1. The summed E-state index contributed by atoms with van der Waals surface area (Å²) in [6.45, 7) is 5.90. The second kappa shape index (κ2) is 8.83. The van der Waals surface area contributed by atoms with Crippen LogP contribution in [0.15, 0.2) is 48.8 Å². The largest absolute Gasteiger partial charge is 0.310 e. The third-order valence-electron chi connectivity index (χ3n) is 8.07. The van der Waals surface area contributed by atoms with Gasteiger partial charge in [0.2, 0.25) is 5.91 Å². The van der Waals surface area contributed by atoms with Gasteiger partial charge in [0.15, 0.2) is 0 Å². The number of hydrogen-bond donors (Lipinski definition) is 1. The van der Waals surface area contributed by atoms with Crippen LogP contribution in [0.1, 0.15) is 63.5 Å². The van der Waals surface area contributed by atoms with Gasteiger partial charge in [-0.25, -0.2) is 9.37 Å². The molecular weight excluding hydrogens is 425 g/mol. The van der Waals surface area contributed by atoms with Crippen LogP contribution in [0.3, 0.4) is 0 Å². The average molecular weight is 456 g/mol. The summed E-state index contributed by atoms with van der Waals surface area (Å²) in [5.74, 6) is 8.15. The molecule has 2 fully saturated rings. The Morgan fingerprint density at radius 2 is 1.82 bits per heavy atom. The van der Waals surface area contributed by atoms with Crippen LogP contribution in [0.2, 0.25) is 0 Å². The van der Waals surface area contributed by atoms with Crippen molar-refractivity contribution in [3.8, 4) is 11.8 Å². The number of hydrogen-bond acceptors (Lipinski definition) is 3. The molecule has 1 amide bonds. The van der Waals surface area contributed by atoms with Crippen LogP contribution in [0.25, 0.3) is 10.9 Å². The second-order valence-corrected chi connectivity index (χ2v) is 10.4. The Labute approximate surface area is 200 Å². The molecule has 34 heavy (non-hydrogen) atoms. The van der Waals surface area contributed by atoms with E-state index in [1.807, 2.05) is 18.3 Å². The van der Waals surface area contributed by atoms with E-state index in [4.69, 9.17) is 0 Å². The zero-order valence-corrected chi connectivity index (χ0v) is 19.9. The molecule has 4 atom stereocenters. The number of rotatable bonds is 4. The number of carbonyl (C=O) groups is 1. The molecule has 2 aliphatic rings. The van der Waals surface area contributed by atoms with Crippen LogP contribution in [-0.4, -0.2) is 15.9 Å². The van der Waals surface area contributed by atoms with Gasteiger partial charge in [0.05, 0.1) is 5.52 Å². The van der Waals surface area contributed by atoms with Crippen LogP contribution in [0.4, 0.5) is 10.2 Å². The van der Waals surface area contributed by atoms with Gasteiger partial charge in [-0.15, -0.1) is 5.92 Å². The summed E-state index contributed by atoms with van der Waals surface area (Å²) in [5, 5.41) is 3.95.